The van der Waals surface area contributed by atoms with Crippen molar-refractivity contribution in [2.75, 3.05) is 0 Å². The van der Waals surface area contributed by atoms with Gasteiger partial charge in [-0.15, -0.1) is 6.58 Å². The van der Waals surface area contributed by atoms with Gasteiger partial charge in [-0.3, -0.25) is 0 Å². The number of halogens is 2. The Balaban J connectivity index is 2.75. The van der Waals surface area contributed by atoms with E-state index in [1.54, 1.807) is 0 Å². The van der Waals surface area contributed by atoms with Crippen molar-refractivity contribution in [2.24, 2.45) is 5.73 Å². The van der Waals surface area contributed by atoms with Crippen LogP contribution in [0.15, 0.2) is 35.3 Å². The summed E-state index contributed by atoms with van der Waals surface area (Å²) in [4.78, 5) is 0. The summed E-state index contributed by atoms with van der Waals surface area (Å²) in [5.74, 6) is 0. The SMILES string of the molecule is C=CCCC(N)c1ccc(Br)c(Cl)c1. The minimum absolute atomic E-state index is 0.0404. The Morgan fingerprint density at radius 3 is 2.86 bits per heavy atom. The van der Waals surface area contributed by atoms with Crippen molar-refractivity contribution < 1.29 is 0 Å². The summed E-state index contributed by atoms with van der Waals surface area (Å²) in [6.07, 6.45) is 3.70. The van der Waals surface area contributed by atoms with Gasteiger partial charge in [0, 0.05) is 10.5 Å². The van der Waals surface area contributed by atoms with Crippen molar-refractivity contribution in [3.05, 3.63) is 45.9 Å². The molecular formula is C11H13BrClN. The van der Waals surface area contributed by atoms with E-state index in [1.165, 1.54) is 0 Å². The lowest BCUT2D eigenvalue weighted by Crippen LogP contribution is -2.09. The first-order valence-corrected chi connectivity index (χ1v) is 5.63. The van der Waals surface area contributed by atoms with Gasteiger partial charge in [-0.05, 0) is 46.5 Å². The van der Waals surface area contributed by atoms with Crippen LogP contribution in [0.4, 0.5) is 0 Å². The highest BCUT2D eigenvalue weighted by molar-refractivity contribution is 9.10. The second-order valence-electron chi connectivity index (χ2n) is 3.15. The van der Waals surface area contributed by atoms with Crippen LogP contribution >= 0.6 is 27.5 Å². The predicted octanol–water partition coefficient (Wildman–Crippen LogP) is 4.07. The van der Waals surface area contributed by atoms with Gasteiger partial charge in [0.1, 0.15) is 0 Å². The second kappa shape index (κ2) is 5.54. The Bertz CT molecular complexity index is 325. The topological polar surface area (TPSA) is 26.0 Å². The normalized spacial score (nSPS) is 12.5. The molecule has 0 aromatic heterocycles. The first-order chi connectivity index (χ1) is 6.65. The summed E-state index contributed by atoms with van der Waals surface area (Å²) in [6.45, 7) is 3.67. The molecule has 0 saturated heterocycles. The number of hydrogen-bond donors (Lipinski definition) is 1. The van der Waals surface area contributed by atoms with E-state index >= 15 is 0 Å². The first-order valence-electron chi connectivity index (χ1n) is 4.46. The zero-order valence-corrected chi connectivity index (χ0v) is 10.2. The molecule has 0 amide bonds. The van der Waals surface area contributed by atoms with E-state index in [-0.39, 0.29) is 6.04 Å². The summed E-state index contributed by atoms with van der Waals surface area (Å²) in [6, 6.07) is 5.85. The molecule has 0 aliphatic heterocycles. The Hall–Kier alpha value is -0.310. The molecule has 1 nitrogen and oxygen atoms in total. The van der Waals surface area contributed by atoms with Crippen LogP contribution in [0.2, 0.25) is 5.02 Å². The molecular weight excluding hydrogens is 261 g/mol. The molecule has 0 bridgehead atoms. The van der Waals surface area contributed by atoms with E-state index in [2.05, 4.69) is 22.5 Å². The maximum atomic E-state index is 5.98. The van der Waals surface area contributed by atoms with Crippen LogP contribution in [0.25, 0.3) is 0 Å². The largest absolute Gasteiger partial charge is 0.324 e. The van der Waals surface area contributed by atoms with Gasteiger partial charge in [0.15, 0.2) is 0 Å². The van der Waals surface area contributed by atoms with Gasteiger partial charge in [0.05, 0.1) is 5.02 Å². The maximum absolute atomic E-state index is 5.98. The smallest absolute Gasteiger partial charge is 0.0551 e. The number of allylic oxidation sites excluding steroid dienone is 1. The fourth-order valence-electron chi connectivity index (χ4n) is 1.21. The fraction of sp³-hybridized carbons (Fsp3) is 0.273. The molecule has 0 radical (unpaired) electrons. The molecule has 1 aromatic carbocycles. The number of rotatable bonds is 4. The molecule has 0 spiro atoms. The molecule has 0 fully saturated rings. The first kappa shape index (κ1) is 11.8. The molecule has 0 saturated carbocycles. The van der Waals surface area contributed by atoms with Crippen LogP contribution in [0.3, 0.4) is 0 Å². The molecule has 1 unspecified atom stereocenters. The van der Waals surface area contributed by atoms with Gasteiger partial charge in [0.2, 0.25) is 0 Å². The predicted molar refractivity (Wildman–Crippen MR) is 65.5 cm³/mol. The van der Waals surface area contributed by atoms with Crippen molar-refractivity contribution in [2.45, 2.75) is 18.9 Å². The van der Waals surface area contributed by atoms with Gasteiger partial charge in [0.25, 0.3) is 0 Å². The van der Waals surface area contributed by atoms with Gasteiger partial charge < -0.3 is 5.73 Å². The average Bonchev–Trinajstić information content (AvgIpc) is 2.18. The van der Waals surface area contributed by atoms with E-state index in [4.69, 9.17) is 17.3 Å². The van der Waals surface area contributed by atoms with Crippen molar-refractivity contribution in [1.29, 1.82) is 0 Å². The zero-order valence-electron chi connectivity index (χ0n) is 7.84. The van der Waals surface area contributed by atoms with Crippen molar-refractivity contribution in [3.8, 4) is 0 Å². The molecule has 76 valence electrons. The van der Waals surface area contributed by atoms with Crippen LogP contribution in [0.1, 0.15) is 24.4 Å². The Labute approximate surface area is 98.1 Å². The average molecular weight is 275 g/mol. The van der Waals surface area contributed by atoms with E-state index in [0.717, 1.165) is 22.9 Å². The summed E-state index contributed by atoms with van der Waals surface area (Å²) >= 11 is 9.31. The van der Waals surface area contributed by atoms with Crippen LogP contribution in [0.5, 0.6) is 0 Å². The van der Waals surface area contributed by atoms with Crippen LogP contribution in [-0.2, 0) is 0 Å². The van der Waals surface area contributed by atoms with Crippen molar-refractivity contribution in [3.63, 3.8) is 0 Å². The Morgan fingerprint density at radius 1 is 1.57 bits per heavy atom. The zero-order chi connectivity index (χ0) is 10.6. The van der Waals surface area contributed by atoms with E-state index in [9.17, 15) is 0 Å². The lowest BCUT2D eigenvalue weighted by atomic mass is 10.0. The highest BCUT2D eigenvalue weighted by Crippen LogP contribution is 2.26. The molecule has 0 heterocycles. The molecule has 2 N–H and O–H groups in total. The molecule has 14 heavy (non-hydrogen) atoms. The van der Waals surface area contributed by atoms with Crippen molar-refractivity contribution >= 4 is 27.5 Å². The molecule has 1 atom stereocenters. The fourth-order valence-corrected chi connectivity index (χ4v) is 1.64. The standard InChI is InChI=1S/C11H13BrClN/c1-2-3-4-11(14)8-5-6-9(12)10(13)7-8/h2,5-7,11H,1,3-4,14H2. The lowest BCUT2D eigenvalue weighted by molar-refractivity contribution is 0.661. The highest BCUT2D eigenvalue weighted by Gasteiger charge is 2.06. The van der Waals surface area contributed by atoms with Crippen LogP contribution < -0.4 is 5.73 Å². The summed E-state index contributed by atoms with van der Waals surface area (Å²) in [7, 11) is 0. The van der Waals surface area contributed by atoms with E-state index in [0.29, 0.717) is 5.02 Å². The van der Waals surface area contributed by atoms with Gasteiger partial charge >= 0.3 is 0 Å². The summed E-state index contributed by atoms with van der Waals surface area (Å²) in [5, 5.41) is 0.705. The second-order valence-corrected chi connectivity index (χ2v) is 4.41. The van der Waals surface area contributed by atoms with Gasteiger partial charge in [-0.1, -0.05) is 23.7 Å². The molecule has 0 aliphatic rings. The molecule has 3 heteroatoms. The van der Waals surface area contributed by atoms with Crippen molar-refractivity contribution in [1.82, 2.24) is 0 Å². The third kappa shape index (κ3) is 3.12. The minimum Gasteiger partial charge on any atom is -0.324 e. The van der Waals surface area contributed by atoms with Gasteiger partial charge in [-0.25, -0.2) is 0 Å². The quantitative estimate of drug-likeness (QED) is 0.823. The molecule has 1 aromatic rings. The monoisotopic (exact) mass is 273 g/mol. The Kier molecular flexibility index (Phi) is 4.66. The maximum Gasteiger partial charge on any atom is 0.0551 e. The lowest BCUT2D eigenvalue weighted by Gasteiger charge is -2.11. The number of hydrogen-bond acceptors (Lipinski definition) is 1. The number of benzene rings is 1. The van der Waals surface area contributed by atoms with E-state index < -0.39 is 0 Å². The van der Waals surface area contributed by atoms with Gasteiger partial charge in [-0.2, -0.15) is 0 Å². The summed E-state index contributed by atoms with van der Waals surface area (Å²) in [5.41, 5.74) is 7.05. The Morgan fingerprint density at radius 2 is 2.29 bits per heavy atom. The molecule has 0 aliphatic carbocycles. The van der Waals surface area contributed by atoms with Crippen LogP contribution in [0, 0.1) is 0 Å². The third-order valence-electron chi connectivity index (χ3n) is 2.05. The highest BCUT2D eigenvalue weighted by atomic mass is 79.9. The summed E-state index contributed by atoms with van der Waals surface area (Å²) < 4.78 is 0.902. The minimum atomic E-state index is 0.0404. The molecule has 1 rings (SSSR count). The number of nitrogens with two attached hydrogens (primary N) is 1. The van der Waals surface area contributed by atoms with Crippen LogP contribution in [-0.4, -0.2) is 0 Å². The third-order valence-corrected chi connectivity index (χ3v) is 3.29. The van der Waals surface area contributed by atoms with E-state index in [1.807, 2.05) is 24.3 Å².